The number of rotatable bonds is 5. The molecule has 3 aliphatic heterocycles. The summed E-state index contributed by atoms with van der Waals surface area (Å²) in [6.45, 7) is 0. The maximum atomic E-state index is 12.7. The number of imide groups is 3. The summed E-state index contributed by atoms with van der Waals surface area (Å²) in [5.41, 5.74) is 3.20. The van der Waals surface area contributed by atoms with Crippen molar-refractivity contribution in [3.05, 3.63) is 84.5 Å². The summed E-state index contributed by atoms with van der Waals surface area (Å²) in [7, 11) is 0. The van der Waals surface area contributed by atoms with Crippen LogP contribution in [0.25, 0.3) is 11.1 Å². The van der Waals surface area contributed by atoms with Gasteiger partial charge >= 0.3 is 0 Å². The lowest BCUT2D eigenvalue weighted by Crippen LogP contribution is -2.41. The van der Waals surface area contributed by atoms with Crippen molar-refractivity contribution in [3.63, 3.8) is 0 Å². The zero-order valence-electron chi connectivity index (χ0n) is 20.8. The van der Waals surface area contributed by atoms with Crippen molar-refractivity contribution in [2.75, 3.05) is 9.80 Å². The first-order chi connectivity index (χ1) is 18.8. The van der Waals surface area contributed by atoms with Crippen LogP contribution in [0.2, 0.25) is 0 Å². The van der Waals surface area contributed by atoms with Gasteiger partial charge in [-0.25, -0.2) is 9.80 Å². The maximum Gasteiger partial charge on any atom is 0.258 e. The zero-order valence-corrected chi connectivity index (χ0v) is 20.8. The van der Waals surface area contributed by atoms with Crippen LogP contribution in [-0.2, 0) is 28.8 Å². The summed E-state index contributed by atoms with van der Waals surface area (Å²) in [6.07, 6.45) is 10.4. The van der Waals surface area contributed by atoms with Gasteiger partial charge in [-0.15, -0.1) is 0 Å². The molecule has 2 aromatic rings. The van der Waals surface area contributed by atoms with Gasteiger partial charge in [0.05, 0.1) is 11.4 Å². The van der Waals surface area contributed by atoms with Crippen LogP contribution in [0.4, 0.5) is 11.4 Å². The Kier molecular flexibility index (Phi) is 5.91. The van der Waals surface area contributed by atoms with Gasteiger partial charge in [0.25, 0.3) is 35.4 Å². The number of carbonyl (C=O) groups is 6. The normalized spacial score (nSPS) is 22.8. The van der Waals surface area contributed by atoms with Gasteiger partial charge in [-0.2, -0.15) is 0 Å². The molecule has 1 saturated carbocycles. The van der Waals surface area contributed by atoms with E-state index in [1.54, 1.807) is 24.3 Å². The van der Waals surface area contributed by atoms with Crippen molar-refractivity contribution in [2.24, 2.45) is 0 Å². The van der Waals surface area contributed by atoms with Crippen LogP contribution in [0.15, 0.2) is 78.9 Å². The molecule has 0 saturated heterocycles. The fourth-order valence-electron chi connectivity index (χ4n) is 5.75. The number of carbonyl (C=O) groups excluding carboxylic acids is 6. The van der Waals surface area contributed by atoms with E-state index in [1.165, 1.54) is 41.4 Å². The first kappa shape index (κ1) is 24.4. The Balaban J connectivity index is 1.29. The summed E-state index contributed by atoms with van der Waals surface area (Å²) in [5.74, 6) is -2.10. The van der Waals surface area contributed by atoms with E-state index in [4.69, 9.17) is 0 Å². The highest BCUT2D eigenvalue weighted by Gasteiger charge is 2.35. The van der Waals surface area contributed by atoms with Crippen LogP contribution in [0.5, 0.6) is 0 Å². The standard InChI is InChI=1S/C30H23N3O6/c34-25-11-12-26(35)31(25)21-6-1-18(2-7-21)20-5-10-23(24(17-20)33-29(38)15-16-30(33)39)19-3-8-22(9-4-19)32-27(36)13-14-28(32)37/h3-5,8-18,21H,1-2,6-7H2. The van der Waals surface area contributed by atoms with Gasteiger partial charge < -0.3 is 0 Å². The molecule has 0 radical (unpaired) electrons. The molecule has 1 aliphatic carbocycles. The van der Waals surface area contributed by atoms with E-state index in [1.807, 2.05) is 18.2 Å². The summed E-state index contributed by atoms with van der Waals surface area (Å²) in [6, 6.07) is 12.4. The minimum Gasteiger partial charge on any atom is -0.272 e. The molecule has 194 valence electrons. The van der Waals surface area contributed by atoms with E-state index in [0.29, 0.717) is 35.3 Å². The van der Waals surface area contributed by atoms with Crippen LogP contribution >= 0.6 is 0 Å². The fraction of sp³-hybridized carbons (Fsp3) is 0.200. The molecule has 4 aliphatic rings. The van der Waals surface area contributed by atoms with Gasteiger partial charge in [-0.3, -0.25) is 33.7 Å². The smallest absolute Gasteiger partial charge is 0.258 e. The van der Waals surface area contributed by atoms with E-state index in [2.05, 4.69) is 0 Å². The minimum atomic E-state index is -0.434. The van der Waals surface area contributed by atoms with Crippen molar-refractivity contribution in [1.82, 2.24) is 4.90 Å². The lowest BCUT2D eigenvalue weighted by atomic mass is 9.80. The van der Waals surface area contributed by atoms with Gasteiger partial charge in [0.1, 0.15) is 0 Å². The molecule has 0 bridgehead atoms. The number of hydrogen-bond acceptors (Lipinski definition) is 6. The molecule has 39 heavy (non-hydrogen) atoms. The van der Waals surface area contributed by atoms with Crippen molar-refractivity contribution < 1.29 is 28.8 Å². The second-order valence-corrected chi connectivity index (χ2v) is 9.90. The molecule has 1 fully saturated rings. The molecule has 0 spiro atoms. The number of amides is 6. The van der Waals surface area contributed by atoms with Crippen molar-refractivity contribution in [1.29, 1.82) is 0 Å². The lowest BCUT2D eigenvalue weighted by molar-refractivity contribution is -0.140. The third kappa shape index (κ3) is 4.21. The SMILES string of the molecule is O=C1C=CC(=O)N1c1ccc(-c2ccc(C3CCC(N4C(=O)C=CC4=O)CC3)cc2N2C(=O)C=CC2=O)cc1. The lowest BCUT2D eigenvalue weighted by Gasteiger charge is -2.34. The van der Waals surface area contributed by atoms with Crippen LogP contribution in [-0.4, -0.2) is 46.4 Å². The molecule has 6 rings (SSSR count). The molecule has 0 N–H and O–H groups in total. The quantitative estimate of drug-likeness (QED) is 0.559. The highest BCUT2D eigenvalue weighted by atomic mass is 16.2. The second-order valence-electron chi connectivity index (χ2n) is 9.90. The predicted octanol–water partition coefficient (Wildman–Crippen LogP) is 3.16. The Labute approximate surface area is 223 Å². The van der Waals surface area contributed by atoms with Crippen LogP contribution in [0.1, 0.15) is 37.2 Å². The predicted molar refractivity (Wildman–Crippen MR) is 141 cm³/mol. The van der Waals surface area contributed by atoms with E-state index in [-0.39, 0.29) is 23.8 Å². The summed E-state index contributed by atoms with van der Waals surface area (Å²) < 4.78 is 0. The first-order valence-corrected chi connectivity index (χ1v) is 12.7. The van der Waals surface area contributed by atoms with E-state index >= 15 is 0 Å². The summed E-state index contributed by atoms with van der Waals surface area (Å²) in [5, 5.41) is 0. The molecule has 3 heterocycles. The fourth-order valence-corrected chi connectivity index (χ4v) is 5.75. The van der Waals surface area contributed by atoms with Crippen molar-refractivity contribution >= 4 is 46.8 Å². The van der Waals surface area contributed by atoms with E-state index < -0.39 is 23.6 Å². The third-order valence-electron chi connectivity index (χ3n) is 7.69. The van der Waals surface area contributed by atoms with Gasteiger partial charge in [0, 0.05) is 48.1 Å². The van der Waals surface area contributed by atoms with Gasteiger partial charge in [0.2, 0.25) is 0 Å². The average Bonchev–Trinajstić information content (AvgIpc) is 3.58. The van der Waals surface area contributed by atoms with Gasteiger partial charge in [-0.05, 0) is 60.9 Å². The number of anilines is 2. The molecular formula is C30H23N3O6. The number of hydrogen-bond donors (Lipinski definition) is 0. The Bertz CT molecular complexity index is 1490. The van der Waals surface area contributed by atoms with E-state index in [9.17, 15) is 28.8 Å². The molecule has 2 aromatic carbocycles. The minimum absolute atomic E-state index is 0.135. The molecule has 9 nitrogen and oxygen atoms in total. The van der Waals surface area contributed by atoms with E-state index in [0.717, 1.165) is 28.2 Å². The molecule has 0 aromatic heterocycles. The molecule has 0 atom stereocenters. The zero-order chi connectivity index (χ0) is 27.3. The Morgan fingerprint density at radius 3 is 1.62 bits per heavy atom. The Hall–Kier alpha value is -4.92. The van der Waals surface area contributed by atoms with Crippen LogP contribution < -0.4 is 9.80 Å². The maximum absolute atomic E-state index is 12.7. The number of benzene rings is 2. The number of nitrogens with zero attached hydrogens (tertiary/aromatic N) is 3. The Morgan fingerprint density at radius 1 is 0.538 bits per heavy atom. The van der Waals surface area contributed by atoms with Gasteiger partial charge in [-0.1, -0.05) is 24.3 Å². The molecular weight excluding hydrogens is 498 g/mol. The monoisotopic (exact) mass is 521 g/mol. The van der Waals surface area contributed by atoms with Crippen molar-refractivity contribution in [2.45, 2.75) is 37.6 Å². The van der Waals surface area contributed by atoms with Gasteiger partial charge in [0.15, 0.2) is 0 Å². The van der Waals surface area contributed by atoms with Crippen molar-refractivity contribution in [3.8, 4) is 11.1 Å². The molecule has 0 unspecified atom stereocenters. The topological polar surface area (TPSA) is 112 Å². The molecule has 9 heteroatoms. The highest BCUT2D eigenvalue weighted by molar-refractivity contribution is 6.29. The third-order valence-corrected chi connectivity index (χ3v) is 7.69. The summed E-state index contributed by atoms with van der Waals surface area (Å²) in [4.78, 5) is 77.1. The summed E-state index contributed by atoms with van der Waals surface area (Å²) >= 11 is 0. The first-order valence-electron chi connectivity index (χ1n) is 12.7. The molecule has 6 amide bonds. The average molecular weight is 522 g/mol. The van der Waals surface area contributed by atoms with Crippen LogP contribution in [0, 0.1) is 0 Å². The second kappa shape index (κ2) is 9.43. The Morgan fingerprint density at radius 2 is 1.05 bits per heavy atom. The highest BCUT2D eigenvalue weighted by Crippen LogP contribution is 2.41. The largest absolute Gasteiger partial charge is 0.272 e. The van der Waals surface area contributed by atoms with Crippen LogP contribution in [0.3, 0.4) is 0 Å².